The van der Waals surface area contributed by atoms with Crippen molar-refractivity contribution in [2.24, 2.45) is 5.41 Å². The zero-order chi connectivity index (χ0) is 28.0. The molecule has 2 aromatic rings. The van der Waals surface area contributed by atoms with Crippen LogP contribution in [0.5, 0.6) is 5.75 Å². The molecule has 1 aliphatic carbocycles. The summed E-state index contributed by atoms with van der Waals surface area (Å²) in [5.41, 5.74) is 4.99. The maximum atomic E-state index is 12.6. The number of carbonyl (C=O) groups is 2. The van der Waals surface area contributed by atoms with Crippen LogP contribution in [-0.2, 0) is 27.1 Å². The molecule has 2 aromatic carbocycles. The number of methoxy groups -OCH3 is 1. The third-order valence-electron chi connectivity index (χ3n) is 6.94. The molecule has 0 aromatic heterocycles. The van der Waals surface area contributed by atoms with Gasteiger partial charge in [-0.15, -0.1) is 0 Å². The average Bonchev–Trinajstić information content (AvgIpc) is 3.71. The van der Waals surface area contributed by atoms with Gasteiger partial charge in [0.25, 0.3) is 0 Å². The second-order valence-electron chi connectivity index (χ2n) is 9.95. The van der Waals surface area contributed by atoms with Crippen LogP contribution in [0.15, 0.2) is 54.8 Å². The minimum atomic E-state index is -0.205. The number of carbonyl (C=O) groups excluding carboxylic acids is 2. The predicted molar refractivity (Wildman–Crippen MR) is 154 cm³/mol. The molecule has 1 fully saturated rings. The van der Waals surface area contributed by atoms with Crippen LogP contribution in [-0.4, -0.2) is 51.2 Å². The molecular formula is C32H45NO5. The van der Waals surface area contributed by atoms with E-state index in [2.05, 4.69) is 56.0 Å². The summed E-state index contributed by atoms with van der Waals surface area (Å²) in [6.45, 7) is 14.3. The molecule has 2 aliphatic rings. The Morgan fingerprint density at radius 2 is 1.68 bits per heavy atom. The minimum absolute atomic E-state index is 0.205. The van der Waals surface area contributed by atoms with Crippen LogP contribution in [0.1, 0.15) is 64.0 Å². The molecule has 0 unspecified atom stereocenters. The number of fused-ring (bicyclic) bond motifs is 1. The number of ether oxygens (including phenoxy) is 3. The highest BCUT2D eigenvalue weighted by atomic mass is 16.6. The standard InChI is InChI=1S/C29H37NO4.C2H6.CH2O/c1-22(32-3)19-23-8-10-24(11-9-23)25-12-13-27-26(20-25)7-5-4-6-16-30(17-18-33-27)28(31)34-21-29(2)14-15-29;2*1-2/h8-13,20H,1,4-7,14-19,21H2,2-3H3;1-2H3;1H2. The maximum absolute atomic E-state index is 12.6. The van der Waals surface area contributed by atoms with Gasteiger partial charge in [-0.05, 0) is 66.5 Å². The topological polar surface area (TPSA) is 65.1 Å². The van der Waals surface area contributed by atoms with E-state index >= 15 is 0 Å². The molecule has 4 rings (SSSR count). The van der Waals surface area contributed by atoms with Gasteiger partial charge in [0, 0.05) is 18.4 Å². The summed E-state index contributed by atoms with van der Waals surface area (Å²) < 4.78 is 16.9. The Kier molecular flexibility index (Phi) is 12.9. The number of amides is 1. The summed E-state index contributed by atoms with van der Waals surface area (Å²) in [5.74, 6) is 1.68. The van der Waals surface area contributed by atoms with Crippen molar-refractivity contribution in [2.75, 3.05) is 33.4 Å². The lowest BCUT2D eigenvalue weighted by Gasteiger charge is -2.23. The van der Waals surface area contributed by atoms with Crippen molar-refractivity contribution in [3.63, 3.8) is 0 Å². The highest BCUT2D eigenvalue weighted by Crippen LogP contribution is 2.45. The van der Waals surface area contributed by atoms with Crippen LogP contribution in [0.4, 0.5) is 4.79 Å². The quantitative estimate of drug-likeness (QED) is 0.373. The summed E-state index contributed by atoms with van der Waals surface area (Å²) in [7, 11) is 1.65. The van der Waals surface area contributed by atoms with Crippen molar-refractivity contribution < 1.29 is 23.8 Å². The average molecular weight is 524 g/mol. The fraction of sp³-hybridized carbons (Fsp3) is 0.500. The van der Waals surface area contributed by atoms with Crippen LogP contribution >= 0.6 is 0 Å². The zero-order valence-electron chi connectivity index (χ0n) is 23.7. The van der Waals surface area contributed by atoms with Gasteiger partial charge in [-0.1, -0.05) is 64.1 Å². The lowest BCUT2D eigenvalue weighted by atomic mass is 9.98. The van der Waals surface area contributed by atoms with Gasteiger partial charge in [0.15, 0.2) is 0 Å². The van der Waals surface area contributed by atoms with Gasteiger partial charge >= 0.3 is 6.09 Å². The number of benzene rings is 2. The van der Waals surface area contributed by atoms with Crippen LogP contribution in [0.25, 0.3) is 11.1 Å². The summed E-state index contributed by atoms with van der Waals surface area (Å²) in [4.78, 5) is 22.4. The van der Waals surface area contributed by atoms with Crippen LogP contribution < -0.4 is 4.74 Å². The molecule has 0 N–H and O–H groups in total. The van der Waals surface area contributed by atoms with Gasteiger partial charge < -0.3 is 23.9 Å². The largest absolute Gasteiger partial charge is 0.501 e. The van der Waals surface area contributed by atoms with E-state index in [0.717, 1.165) is 63.0 Å². The normalized spacial score (nSPS) is 15.9. The summed E-state index contributed by atoms with van der Waals surface area (Å²) >= 11 is 0. The van der Waals surface area contributed by atoms with E-state index in [1.165, 1.54) is 22.3 Å². The van der Waals surface area contributed by atoms with E-state index in [4.69, 9.17) is 19.0 Å². The molecule has 1 heterocycles. The van der Waals surface area contributed by atoms with Crippen molar-refractivity contribution >= 4 is 12.9 Å². The number of rotatable bonds is 6. The van der Waals surface area contributed by atoms with Crippen molar-refractivity contribution in [3.8, 4) is 16.9 Å². The molecular weight excluding hydrogens is 478 g/mol. The maximum Gasteiger partial charge on any atom is 0.409 e. The van der Waals surface area contributed by atoms with Gasteiger partial charge in [0.1, 0.15) is 19.1 Å². The number of hydrogen-bond acceptors (Lipinski definition) is 5. The van der Waals surface area contributed by atoms with Crippen molar-refractivity contribution in [1.29, 1.82) is 0 Å². The van der Waals surface area contributed by atoms with Gasteiger partial charge in [-0.2, -0.15) is 0 Å². The Bertz CT molecular complexity index is 1010. The number of allylic oxidation sites excluding steroid dienone is 1. The van der Waals surface area contributed by atoms with E-state index in [1.54, 1.807) is 7.11 Å². The molecule has 0 saturated heterocycles. The molecule has 38 heavy (non-hydrogen) atoms. The smallest absolute Gasteiger partial charge is 0.409 e. The predicted octanol–water partition coefficient (Wildman–Crippen LogP) is 7.24. The highest BCUT2D eigenvalue weighted by Gasteiger charge is 2.39. The monoisotopic (exact) mass is 523 g/mol. The Labute approximate surface area is 229 Å². The first-order chi connectivity index (χ1) is 18.5. The van der Waals surface area contributed by atoms with Crippen molar-refractivity contribution in [3.05, 3.63) is 65.9 Å². The van der Waals surface area contributed by atoms with Crippen LogP contribution in [0.3, 0.4) is 0 Å². The lowest BCUT2D eigenvalue weighted by molar-refractivity contribution is -0.0980. The van der Waals surface area contributed by atoms with E-state index in [1.807, 2.05) is 25.5 Å². The molecule has 6 nitrogen and oxygen atoms in total. The fourth-order valence-electron chi connectivity index (χ4n) is 4.25. The zero-order valence-corrected chi connectivity index (χ0v) is 23.7. The fourth-order valence-corrected chi connectivity index (χ4v) is 4.25. The van der Waals surface area contributed by atoms with Gasteiger partial charge in [-0.25, -0.2) is 4.79 Å². The summed E-state index contributed by atoms with van der Waals surface area (Å²) in [6, 6.07) is 15.0. The highest BCUT2D eigenvalue weighted by molar-refractivity contribution is 5.68. The van der Waals surface area contributed by atoms with Crippen LogP contribution in [0.2, 0.25) is 0 Å². The van der Waals surface area contributed by atoms with Crippen molar-refractivity contribution in [1.82, 2.24) is 4.90 Å². The Hall–Kier alpha value is -3.28. The molecule has 0 spiro atoms. The van der Waals surface area contributed by atoms with Gasteiger partial charge in [0.2, 0.25) is 0 Å². The second-order valence-corrected chi connectivity index (χ2v) is 9.95. The first kappa shape index (κ1) is 30.9. The van der Waals surface area contributed by atoms with Crippen LogP contribution in [0, 0.1) is 5.41 Å². The first-order valence-corrected chi connectivity index (χ1v) is 13.7. The van der Waals surface area contributed by atoms with Gasteiger partial charge in [0.05, 0.1) is 26.0 Å². The number of nitrogens with zero attached hydrogens (tertiary/aromatic N) is 1. The number of hydrogen-bond donors (Lipinski definition) is 0. The molecule has 208 valence electrons. The van der Waals surface area contributed by atoms with Crippen molar-refractivity contribution in [2.45, 2.75) is 65.7 Å². The molecule has 1 saturated carbocycles. The Morgan fingerprint density at radius 3 is 2.34 bits per heavy atom. The molecule has 0 radical (unpaired) electrons. The van der Waals surface area contributed by atoms with Gasteiger partial charge in [-0.3, -0.25) is 0 Å². The van der Waals surface area contributed by atoms with E-state index in [9.17, 15) is 4.79 Å². The SMILES string of the molecule is C=C(Cc1ccc(-c2ccc3c(c2)CCCCCN(C(=O)OCC2(C)CC2)CCO3)cc1)OC.C=O.CC. The summed E-state index contributed by atoms with van der Waals surface area (Å²) in [6.07, 6.45) is 6.91. The van der Waals surface area contributed by atoms with E-state index in [-0.39, 0.29) is 11.5 Å². The second kappa shape index (κ2) is 15.9. The molecule has 1 aliphatic heterocycles. The third kappa shape index (κ3) is 9.55. The molecule has 0 bridgehead atoms. The number of aryl methyl sites for hydroxylation is 1. The Morgan fingerprint density at radius 1 is 1.00 bits per heavy atom. The first-order valence-electron chi connectivity index (χ1n) is 13.7. The summed E-state index contributed by atoms with van der Waals surface area (Å²) in [5, 5.41) is 0. The molecule has 0 atom stereocenters. The molecule has 6 heteroatoms. The molecule has 1 amide bonds. The lowest BCUT2D eigenvalue weighted by Crippen LogP contribution is -2.36. The van der Waals surface area contributed by atoms with E-state index in [0.29, 0.717) is 19.8 Å². The Balaban J connectivity index is 0.00000121. The third-order valence-corrected chi connectivity index (χ3v) is 6.94. The van der Waals surface area contributed by atoms with E-state index < -0.39 is 0 Å². The minimum Gasteiger partial charge on any atom is -0.501 e.